The van der Waals surface area contributed by atoms with E-state index in [1.54, 1.807) is 0 Å². The molecule has 1 aromatic rings. The summed E-state index contributed by atoms with van der Waals surface area (Å²) in [6, 6.07) is 4.53. The molecule has 2 fully saturated rings. The molecule has 5 nitrogen and oxygen atoms in total. The van der Waals surface area contributed by atoms with Gasteiger partial charge in [0.25, 0.3) is 0 Å². The maximum atomic E-state index is 12.7. The number of carbonyl (C=O) groups excluding carboxylic acids is 2. The molecule has 1 saturated carbocycles. The van der Waals surface area contributed by atoms with E-state index in [9.17, 15) is 22.8 Å². The monoisotopic (exact) mass is 439 g/mol. The Balaban J connectivity index is 1.38. The first kappa shape index (κ1) is 23.4. The first-order chi connectivity index (χ1) is 14.7. The van der Waals surface area contributed by atoms with Crippen LogP contribution >= 0.6 is 0 Å². The van der Waals surface area contributed by atoms with Gasteiger partial charge in [-0.15, -0.1) is 0 Å². The zero-order chi connectivity index (χ0) is 22.4. The Morgan fingerprint density at radius 1 is 1.03 bits per heavy atom. The number of likely N-dealkylation sites (tertiary alicyclic amines) is 1. The number of nitrogens with zero attached hydrogens (tertiary/aromatic N) is 1. The van der Waals surface area contributed by atoms with Crippen LogP contribution in [-0.4, -0.2) is 42.0 Å². The Labute approximate surface area is 181 Å². The summed E-state index contributed by atoms with van der Waals surface area (Å²) in [6.07, 6.45) is 3.06. The number of carbonyl (C=O) groups is 2. The van der Waals surface area contributed by atoms with E-state index in [0.717, 1.165) is 56.2 Å². The van der Waals surface area contributed by atoms with Crippen molar-refractivity contribution < 1.29 is 22.8 Å². The summed E-state index contributed by atoms with van der Waals surface area (Å²) in [4.78, 5) is 26.9. The minimum absolute atomic E-state index is 0.0219. The molecule has 2 N–H and O–H groups in total. The summed E-state index contributed by atoms with van der Waals surface area (Å²) in [5, 5.41) is 5.82. The van der Waals surface area contributed by atoms with E-state index in [-0.39, 0.29) is 29.9 Å². The standard InChI is InChI=1S/C23H32F3N3O2/c1-16(15-17-7-9-19(10-8-17)23(24,25)26)27-22(31)28-20-11-13-29(14-12-20)21(30)18-5-3-2-4-6-18/h7-10,16,18,20H,2-6,11-15H2,1H3,(H2,27,28,31). The molecule has 1 heterocycles. The summed E-state index contributed by atoms with van der Waals surface area (Å²) in [5.74, 6) is 0.445. The van der Waals surface area contributed by atoms with Crippen molar-refractivity contribution in [3.05, 3.63) is 35.4 Å². The number of nitrogens with one attached hydrogen (secondary N) is 2. The minimum Gasteiger partial charge on any atom is -0.342 e. The number of hydrogen-bond acceptors (Lipinski definition) is 2. The van der Waals surface area contributed by atoms with Crippen LogP contribution in [0, 0.1) is 5.92 Å². The smallest absolute Gasteiger partial charge is 0.342 e. The highest BCUT2D eigenvalue weighted by atomic mass is 19.4. The summed E-state index contributed by atoms with van der Waals surface area (Å²) in [5.41, 5.74) is 0.0539. The number of alkyl halides is 3. The third-order valence-electron chi connectivity index (χ3n) is 6.30. The molecule has 0 radical (unpaired) electrons. The second-order valence-electron chi connectivity index (χ2n) is 8.85. The molecule has 1 saturated heterocycles. The SMILES string of the molecule is CC(Cc1ccc(C(F)(F)F)cc1)NC(=O)NC1CCN(C(=O)C2CCCCC2)CC1. The topological polar surface area (TPSA) is 61.4 Å². The van der Waals surface area contributed by atoms with Crippen molar-refractivity contribution in [3.8, 4) is 0 Å². The van der Waals surface area contributed by atoms with Crippen LogP contribution in [-0.2, 0) is 17.4 Å². The number of amides is 3. The molecule has 1 aliphatic carbocycles. The average molecular weight is 440 g/mol. The van der Waals surface area contributed by atoms with Crippen molar-refractivity contribution in [2.75, 3.05) is 13.1 Å². The lowest BCUT2D eigenvalue weighted by Crippen LogP contribution is -2.51. The molecule has 31 heavy (non-hydrogen) atoms. The molecule has 0 spiro atoms. The Kier molecular flexibility index (Phi) is 7.84. The van der Waals surface area contributed by atoms with Crippen LogP contribution in [0.5, 0.6) is 0 Å². The Morgan fingerprint density at radius 2 is 1.65 bits per heavy atom. The van der Waals surface area contributed by atoms with Gasteiger partial charge in [0.05, 0.1) is 5.56 Å². The highest BCUT2D eigenvalue weighted by molar-refractivity contribution is 5.79. The Bertz CT molecular complexity index is 737. The quantitative estimate of drug-likeness (QED) is 0.709. The molecule has 0 aromatic heterocycles. The van der Waals surface area contributed by atoms with Crippen molar-refractivity contribution in [3.63, 3.8) is 0 Å². The highest BCUT2D eigenvalue weighted by Crippen LogP contribution is 2.29. The molecule has 1 aromatic carbocycles. The van der Waals surface area contributed by atoms with E-state index in [2.05, 4.69) is 10.6 Å². The fourth-order valence-corrected chi connectivity index (χ4v) is 4.54. The summed E-state index contributed by atoms with van der Waals surface area (Å²) >= 11 is 0. The van der Waals surface area contributed by atoms with Gasteiger partial charge in [-0.3, -0.25) is 4.79 Å². The second kappa shape index (κ2) is 10.4. The van der Waals surface area contributed by atoms with E-state index in [1.165, 1.54) is 18.6 Å². The zero-order valence-electron chi connectivity index (χ0n) is 18.0. The summed E-state index contributed by atoms with van der Waals surface area (Å²) in [6.45, 7) is 3.16. The van der Waals surface area contributed by atoms with Crippen LogP contribution in [0.2, 0.25) is 0 Å². The lowest BCUT2D eigenvalue weighted by Gasteiger charge is -2.35. The van der Waals surface area contributed by atoms with Gasteiger partial charge in [-0.25, -0.2) is 4.79 Å². The van der Waals surface area contributed by atoms with Crippen molar-refractivity contribution in [2.24, 2.45) is 5.92 Å². The number of rotatable bonds is 5. The van der Waals surface area contributed by atoms with E-state index >= 15 is 0 Å². The first-order valence-electron chi connectivity index (χ1n) is 11.2. The van der Waals surface area contributed by atoms with E-state index < -0.39 is 11.7 Å². The number of piperidine rings is 1. The average Bonchev–Trinajstić information content (AvgIpc) is 2.74. The molecule has 172 valence electrons. The van der Waals surface area contributed by atoms with Crippen molar-refractivity contribution in [1.29, 1.82) is 0 Å². The van der Waals surface area contributed by atoms with Gasteiger partial charge in [-0.2, -0.15) is 13.2 Å². The van der Waals surface area contributed by atoms with Crippen molar-refractivity contribution in [1.82, 2.24) is 15.5 Å². The van der Waals surface area contributed by atoms with Crippen LogP contribution in [0.3, 0.4) is 0 Å². The maximum Gasteiger partial charge on any atom is 0.416 e. The van der Waals surface area contributed by atoms with Gasteiger partial charge in [0.15, 0.2) is 0 Å². The van der Waals surface area contributed by atoms with Gasteiger partial charge in [0.2, 0.25) is 5.91 Å². The molecule has 1 aliphatic heterocycles. The number of urea groups is 1. The molecule has 8 heteroatoms. The van der Waals surface area contributed by atoms with Crippen molar-refractivity contribution >= 4 is 11.9 Å². The third-order valence-corrected chi connectivity index (χ3v) is 6.30. The fourth-order valence-electron chi connectivity index (χ4n) is 4.54. The van der Waals surface area contributed by atoms with E-state index in [0.29, 0.717) is 19.5 Å². The molecule has 1 atom stereocenters. The molecule has 2 aliphatic rings. The normalized spacial score (nSPS) is 19.7. The van der Waals surface area contributed by atoms with Crippen molar-refractivity contribution in [2.45, 2.75) is 76.6 Å². The minimum atomic E-state index is -4.35. The summed E-state index contributed by atoms with van der Waals surface area (Å²) < 4.78 is 38.0. The van der Waals surface area contributed by atoms with Gasteiger partial charge in [-0.1, -0.05) is 31.4 Å². The lowest BCUT2D eigenvalue weighted by atomic mass is 9.87. The van der Waals surface area contributed by atoms with Crippen LogP contribution in [0.1, 0.15) is 63.0 Å². The predicted octanol–water partition coefficient (Wildman–Crippen LogP) is 4.51. The third kappa shape index (κ3) is 6.87. The van der Waals surface area contributed by atoms with Gasteiger partial charge >= 0.3 is 12.2 Å². The maximum absolute atomic E-state index is 12.7. The van der Waals surface area contributed by atoms with Crippen LogP contribution in [0.4, 0.5) is 18.0 Å². The first-order valence-corrected chi connectivity index (χ1v) is 11.2. The number of hydrogen-bond donors (Lipinski definition) is 2. The fraction of sp³-hybridized carbons (Fsp3) is 0.652. The predicted molar refractivity (Wildman–Crippen MR) is 112 cm³/mol. The van der Waals surface area contributed by atoms with Gasteiger partial charge in [0.1, 0.15) is 0 Å². The second-order valence-corrected chi connectivity index (χ2v) is 8.85. The Morgan fingerprint density at radius 3 is 2.23 bits per heavy atom. The van der Waals surface area contributed by atoms with Gasteiger partial charge < -0.3 is 15.5 Å². The largest absolute Gasteiger partial charge is 0.416 e. The van der Waals surface area contributed by atoms with Crippen LogP contribution < -0.4 is 10.6 Å². The van der Waals surface area contributed by atoms with Gasteiger partial charge in [-0.05, 0) is 56.7 Å². The molecular weight excluding hydrogens is 407 g/mol. The van der Waals surface area contributed by atoms with Gasteiger partial charge in [0, 0.05) is 31.1 Å². The van der Waals surface area contributed by atoms with Crippen LogP contribution in [0.25, 0.3) is 0 Å². The Hall–Kier alpha value is -2.25. The summed E-state index contributed by atoms with van der Waals surface area (Å²) in [7, 11) is 0. The lowest BCUT2D eigenvalue weighted by molar-refractivity contribution is -0.138. The number of halogens is 3. The molecule has 3 rings (SSSR count). The molecular formula is C23H32F3N3O2. The number of benzene rings is 1. The molecule has 1 unspecified atom stereocenters. The zero-order valence-corrected chi connectivity index (χ0v) is 18.0. The highest BCUT2D eigenvalue weighted by Gasteiger charge is 2.31. The van der Waals surface area contributed by atoms with Crippen LogP contribution in [0.15, 0.2) is 24.3 Å². The van der Waals surface area contributed by atoms with E-state index in [4.69, 9.17) is 0 Å². The van der Waals surface area contributed by atoms with E-state index in [1.807, 2.05) is 11.8 Å². The molecule has 3 amide bonds. The molecule has 0 bridgehead atoms.